The van der Waals surface area contributed by atoms with E-state index in [2.05, 4.69) is 20.0 Å². The number of fused-ring (bicyclic) bond motifs is 3. The van der Waals surface area contributed by atoms with Crippen LogP contribution in [0.4, 0.5) is 20.4 Å². The predicted octanol–water partition coefficient (Wildman–Crippen LogP) is 2.18. The quantitative estimate of drug-likeness (QED) is 0.310. The van der Waals surface area contributed by atoms with Gasteiger partial charge in [-0.2, -0.15) is 9.50 Å². The average molecular weight is 561 g/mol. The molecule has 198 valence electrons. The van der Waals surface area contributed by atoms with Crippen LogP contribution in [0.15, 0.2) is 44.6 Å². The summed E-state index contributed by atoms with van der Waals surface area (Å²) in [5.41, 5.74) is 7.26. The van der Waals surface area contributed by atoms with Gasteiger partial charge in [0.1, 0.15) is 16.8 Å². The molecule has 1 aliphatic heterocycles. The Morgan fingerprint density at radius 1 is 1.13 bits per heavy atom. The number of hydrogen-bond donors (Lipinski definition) is 1. The Morgan fingerprint density at radius 2 is 1.92 bits per heavy atom. The van der Waals surface area contributed by atoms with Gasteiger partial charge in [-0.3, -0.25) is 14.3 Å². The number of nitrogens with two attached hydrogens (primary N) is 1. The number of piperazine rings is 1. The molecule has 0 bridgehead atoms. The highest BCUT2D eigenvalue weighted by atomic mass is 32.2. The van der Waals surface area contributed by atoms with E-state index in [-0.39, 0.29) is 21.4 Å². The summed E-state index contributed by atoms with van der Waals surface area (Å²) in [6, 6.07) is 5.58. The van der Waals surface area contributed by atoms with E-state index in [1.165, 1.54) is 23.1 Å². The molecule has 15 heteroatoms. The molecule has 2 N–H and O–H groups in total. The second-order valence-electron chi connectivity index (χ2n) is 8.81. The summed E-state index contributed by atoms with van der Waals surface area (Å²) >= 11 is -0.532. The number of anilines is 2. The summed E-state index contributed by atoms with van der Waals surface area (Å²) < 4.78 is 49.1. The second kappa shape index (κ2) is 9.65. The molecule has 1 fully saturated rings. The van der Waals surface area contributed by atoms with Gasteiger partial charge in [0, 0.05) is 51.4 Å². The van der Waals surface area contributed by atoms with Crippen LogP contribution < -0.4 is 15.5 Å². The fraction of sp³-hybridized carbons (Fsp3) is 0.304. The number of hydrogen-bond acceptors (Lipinski definition) is 10. The van der Waals surface area contributed by atoms with Crippen molar-refractivity contribution in [2.45, 2.75) is 11.4 Å². The normalized spacial score (nSPS) is 15.6. The lowest BCUT2D eigenvalue weighted by molar-refractivity contribution is 0.248. The predicted molar refractivity (Wildman–Crippen MR) is 140 cm³/mol. The molecule has 0 spiro atoms. The van der Waals surface area contributed by atoms with Gasteiger partial charge in [-0.05, 0) is 23.3 Å². The Kier molecular flexibility index (Phi) is 6.29. The fourth-order valence-corrected chi connectivity index (χ4v) is 6.11. The van der Waals surface area contributed by atoms with Gasteiger partial charge >= 0.3 is 4.87 Å². The van der Waals surface area contributed by atoms with Crippen molar-refractivity contribution >= 4 is 50.1 Å². The minimum Gasteiger partial charge on any atom is -0.612 e. The first kappa shape index (κ1) is 24.8. The van der Waals surface area contributed by atoms with Gasteiger partial charge in [0.25, 0.3) is 0 Å². The molecule has 5 heterocycles. The Morgan fingerprint density at radius 3 is 2.63 bits per heavy atom. The van der Waals surface area contributed by atoms with Gasteiger partial charge in [-0.25, -0.2) is 13.8 Å². The lowest BCUT2D eigenvalue weighted by Gasteiger charge is -2.36. The Hall–Kier alpha value is -3.53. The van der Waals surface area contributed by atoms with Gasteiger partial charge in [0.05, 0.1) is 12.0 Å². The van der Waals surface area contributed by atoms with Crippen LogP contribution in [0.5, 0.6) is 0 Å². The summed E-state index contributed by atoms with van der Waals surface area (Å²) in [5, 5.41) is 4.36. The molecular formula is C23H22F2N8O3S2. The first-order valence-corrected chi connectivity index (χ1v) is 14.1. The number of thiazole rings is 1. The molecular weight excluding hydrogens is 538 g/mol. The Bertz CT molecular complexity index is 1690. The van der Waals surface area contributed by atoms with Crippen molar-refractivity contribution in [1.82, 2.24) is 29.0 Å². The highest BCUT2D eigenvalue weighted by molar-refractivity contribution is 7.90. The number of rotatable bonds is 6. The van der Waals surface area contributed by atoms with Gasteiger partial charge in [0.15, 0.2) is 27.8 Å². The van der Waals surface area contributed by atoms with Crippen LogP contribution in [0.1, 0.15) is 0 Å². The summed E-state index contributed by atoms with van der Waals surface area (Å²) in [6.45, 7) is 3.15. The van der Waals surface area contributed by atoms with E-state index in [1.54, 1.807) is 16.7 Å². The van der Waals surface area contributed by atoms with E-state index in [0.29, 0.717) is 66.8 Å². The molecule has 5 aromatic rings. The van der Waals surface area contributed by atoms with Crippen molar-refractivity contribution < 1.29 is 17.8 Å². The third kappa shape index (κ3) is 4.30. The first-order valence-electron chi connectivity index (χ1n) is 11.7. The Labute approximate surface area is 221 Å². The third-order valence-corrected chi connectivity index (χ3v) is 8.42. The molecule has 4 aromatic heterocycles. The van der Waals surface area contributed by atoms with Crippen LogP contribution in [0, 0.1) is 11.6 Å². The largest absolute Gasteiger partial charge is 0.612 e. The lowest BCUT2D eigenvalue weighted by atomic mass is 10.2. The monoisotopic (exact) mass is 560 g/mol. The van der Waals surface area contributed by atoms with Gasteiger partial charge in [0.2, 0.25) is 11.8 Å². The molecule has 1 atom stereocenters. The van der Waals surface area contributed by atoms with Crippen molar-refractivity contribution in [1.29, 1.82) is 0 Å². The zero-order valence-corrected chi connectivity index (χ0v) is 21.8. The van der Waals surface area contributed by atoms with Crippen LogP contribution in [-0.2, 0) is 17.7 Å². The summed E-state index contributed by atoms with van der Waals surface area (Å²) in [5.74, 6) is -0.566. The fourth-order valence-electron chi connectivity index (χ4n) is 4.57. The van der Waals surface area contributed by atoms with E-state index in [0.717, 1.165) is 17.4 Å². The zero-order valence-electron chi connectivity index (χ0n) is 20.1. The molecule has 0 amide bonds. The molecule has 11 nitrogen and oxygen atoms in total. The maximum atomic E-state index is 14.5. The van der Waals surface area contributed by atoms with E-state index < -0.39 is 22.8 Å². The molecule has 1 saturated heterocycles. The number of furan rings is 1. The summed E-state index contributed by atoms with van der Waals surface area (Å²) in [4.78, 5) is 25.6. The number of nitrogen functional groups attached to an aromatic ring is 1. The van der Waals surface area contributed by atoms with Crippen LogP contribution in [0.2, 0.25) is 0 Å². The van der Waals surface area contributed by atoms with E-state index in [4.69, 9.17) is 10.2 Å². The van der Waals surface area contributed by atoms with Gasteiger partial charge in [-0.1, -0.05) is 11.3 Å². The number of halogens is 2. The summed E-state index contributed by atoms with van der Waals surface area (Å²) in [6.07, 6.45) is 2.89. The topological polar surface area (TPSA) is 134 Å². The lowest BCUT2D eigenvalue weighted by Crippen LogP contribution is -2.47. The van der Waals surface area contributed by atoms with Gasteiger partial charge < -0.3 is 19.6 Å². The van der Waals surface area contributed by atoms with E-state index in [9.17, 15) is 18.1 Å². The maximum Gasteiger partial charge on any atom is 0.309 e. The molecule has 38 heavy (non-hydrogen) atoms. The SMILES string of the molecule is C[S@@+]([O-])c1cc(N2CCN(CCn3c(=O)sc4c3nc(N)n3nc(-c5ccco5)nc43)CC2)c(F)cc1F. The molecule has 0 saturated carbocycles. The standard InChI is InChI=1S/C23H22F2N8O3S2/c1-38(35)17-12-15(13(24)11-14(17)25)31-7-4-30(5-8-31)6-9-32-20-18(37-23(32)34)21-27-19(16-3-2-10-36-16)29-33(21)22(26)28-20/h2-3,10-12H,4-9H2,1H3,(H2,26,28)/t38-/m1/s1. The average Bonchev–Trinajstić information content (AvgIpc) is 3.62. The molecule has 6 rings (SSSR count). The van der Waals surface area contributed by atoms with Crippen molar-refractivity contribution in [2.24, 2.45) is 0 Å². The van der Waals surface area contributed by atoms with Crippen LogP contribution in [0.3, 0.4) is 0 Å². The summed E-state index contributed by atoms with van der Waals surface area (Å²) in [7, 11) is 0. The Balaban J connectivity index is 1.19. The third-order valence-electron chi connectivity index (χ3n) is 6.52. The molecule has 0 aliphatic carbocycles. The second-order valence-corrected chi connectivity index (χ2v) is 11.1. The number of benzene rings is 1. The molecule has 0 unspecified atom stereocenters. The minimum absolute atomic E-state index is 0.0163. The highest BCUT2D eigenvalue weighted by Gasteiger charge is 2.25. The molecule has 1 aromatic carbocycles. The van der Waals surface area contributed by atoms with Crippen LogP contribution in [0.25, 0.3) is 27.6 Å². The maximum absolute atomic E-state index is 14.5. The van der Waals surface area contributed by atoms with Crippen molar-refractivity contribution in [2.75, 3.05) is 49.6 Å². The molecule has 1 aliphatic rings. The van der Waals surface area contributed by atoms with Crippen LogP contribution in [-0.4, -0.2) is 72.6 Å². The van der Waals surface area contributed by atoms with Crippen molar-refractivity contribution in [3.8, 4) is 11.6 Å². The smallest absolute Gasteiger partial charge is 0.309 e. The zero-order chi connectivity index (χ0) is 26.6. The van der Waals surface area contributed by atoms with Crippen molar-refractivity contribution in [3.63, 3.8) is 0 Å². The van der Waals surface area contributed by atoms with Crippen LogP contribution >= 0.6 is 11.3 Å². The minimum atomic E-state index is -1.56. The number of aromatic nitrogens is 5. The van der Waals surface area contributed by atoms with Gasteiger partial charge in [-0.15, -0.1) is 5.10 Å². The molecule has 0 radical (unpaired) electrons. The van der Waals surface area contributed by atoms with E-state index in [1.807, 2.05) is 4.90 Å². The first-order chi connectivity index (χ1) is 18.3. The highest BCUT2D eigenvalue weighted by Crippen LogP contribution is 2.28. The van der Waals surface area contributed by atoms with Crippen molar-refractivity contribution in [3.05, 3.63) is 51.8 Å². The number of nitrogens with zero attached hydrogens (tertiary/aromatic N) is 7. The van der Waals surface area contributed by atoms with E-state index >= 15 is 0 Å².